The molecule has 3 rings (SSSR count). The standard InChI is InChI=1S/C15H9F3N2O2/c16-15(17,18)22-12-6-3-5-11(8-12)20-14(21)13-7-2-1-4-10(13)9-19-20/h1-9H. The van der Waals surface area contributed by atoms with E-state index in [-0.39, 0.29) is 5.69 Å². The Morgan fingerprint density at radius 1 is 1.05 bits per heavy atom. The number of hydrogen-bond donors (Lipinski definition) is 0. The van der Waals surface area contributed by atoms with E-state index in [9.17, 15) is 18.0 Å². The Bertz CT molecular complexity index is 888. The van der Waals surface area contributed by atoms with Crippen molar-refractivity contribution in [2.24, 2.45) is 0 Å². The summed E-state index contributed by atoms with van der Waals surface area (Å²) < 4.78 is 41.7. The highest BCUT2D eigenvalue weighted by molar-refractivity contribution is 5.80. The van der Waals surface area contributed by atoms with Crippen LogP contribution in [0.25, 0.3) is 16.5 Å². The Morgan fingerprint density at radius 3 is 2.59 bits per heavy atom. The van der Waals surface area contributed by atoms with Gasteiger partial charge in [0, 0.05) is 11.5 Å². The van der Waals surface area contributed by atoms with Gasteiger partial charge >= 0.3 is 6.36 Å². The van der Waals surface area contributed by atoms with Crippen molar-refractivity contribution in [2.45, 2.75) is 6.36 Å². The number of nitrogens with zero attached hydrogens (tertiary/aromatic N) is 2. The van der Waals surface area contributed by atoms with Crippen LogP contribution < -0.4 is 10.3 Å². The fourth-order valence-corrected chi connectivity index (χ4v) is 2.09. The number of rotatable bonds is 2. The van der Waals surface area contributed by atoms with Gasteiger partial charge in [-0.3, -0.25) is 4.79 Å². The largest absolute Gasteiger partial charge is 0.573 e. The van der Waals surface area contributed by atoms with E-state index in [0.717, 1.165) is 16.8 Å². The predicted molar refractivity (Wildman–Crippen MR) is 74.0 cm³/mol. The minimum Gasteiger partial charge on any atom is -0.406 e. The molecule has 2 aromatic carbocycles. The molecular formula is C15H9F3N2O2. The molecule has 0 aliphatic heterocycles. The first kappa shape index (κ1) is 14.1. The van der Waals surface area contributed by atoms with E-state index >= 15 is 0 Å². The zero-order chi connectivity index (χ0) is 15.7. The van der Waals surface area contributed by atoms with E-state index in [4.69, 9.17) is 0 Å². The van der Waals surface area contributed by atoms with Gasteiger partial charge in [-0.2, -0.15) is 9.78 Å². The van der Waals surface area contributed by atoms with Gasteiger partial charge in [-0.15, -0.1) is 13.2 Å². The molecule has 0 spiro atoms. The van der Waals surface area contributed by atoms with E-state index in [2.05, 4.69) is 9.84 Å². The molecule has 0 unspecified atom stereocenters. The van der Waals surface area contributed by atoms with Crippen LogP contribution in [0.3, 0.4) is 0 Å². The highest BCUT2D eigenvalue weighted by atomic mass is 19.4. The number of ether oxygens (including phenoxy) is 1. The van der Waals surface area contributed by atoms with Gasteiger partial charge in [0.1, 0.15) is 5.75 Å². The highest BCUT2D eigenvalue weighted by Crippen LogP contribution is 2.24. The number of hydrogen-bond acceptors (Lipinski definition) is 3. The van der Waals surface area contributed by atoms with Crippen LogP contribution in [0, 0.1) is 0 Å². The van der Waals surface area contributed by atoms with E-state index in [1.165, 1.54) is 18.3 Å². The van der Waals surface area contributed by atoms with E-state index < -0.39 is 17.7 Å². The maximum Gasteiger partial charge on any atom is 0.573 e. The molecule has 1 heterocycles. The highest BCUT2D eigenvalue weighted by Gasteiger charge is 2.31. The maximum atomic E-state index is 12.4. The van der Waals surface area contributed by atoms with Crippen molar-refractivity contribution in [1.82, 2.24) is 9.78 Å². The average Bonchev–Trinajstić information content (AvgIpc) is 2.46. The van der Waals surface area contributed by atoms with Gasteiger partial charge in [-0.05, 0) is 18.2 Å². The van der Waals surface area contributed by atoms with Crippen LogP contribution in [0.1, 0.15) is 0 Å². The summed E-state index contributed by atoms with van der Waals surface area (Å²) in [5.41, 5.74) is -0.222. The number of halogens is 3. The summed E-state index contributed by atoms with van der Waals surface area (Å²) in [6, 6.07) is 11.9. The molecule has 112 valence electrons. The van der Waals surface area contributed by atoms with Crippen molar-refractivity contribution in [2.75, 3.05) is 0 Å². The molecule has 0 atom stereocenters. The molecule has 0 bridgehead atoms. The second-order valence-electron chi connectivity index (χ2n) is 4.49. The molecule has 0 fully saturated rings. The molecule has 4 nitrogen and oxygen atoms in total. The van der Waals surface area contributed by atoms with Gasteiger partial charge in [-0.25, -0.2) is 0 Å². The molecular weight excluding hydrogens is 297 g/mol. The summed E-state index contributed by atoms with van der Waals surface area (Å²) in [4.78, 5) is 12.4. The van der Waals surface area contributed by atoms with E-state index in [1.807, 2.05) is 0 Å². The van der Waals surface area contributed by atoms with Crippen LogP contribution in [0.2, 0.25) is 0 Å². The number of aromatic nitrogens is 2. The molecule has 0 saturated carbocycles. The smallest absolute Gasteiger partial charge is 0.406 e. The van der Waals surface area contributed by atoms with Gasteiger partial charge in [0.05, 0.1) is 17.3 Å². The molecule has 22 heavy (non-hydrogen) atoms. The zero-order valence-corrected chi connectivity index (χ0v) is 11.0. The molecule has 7 heteroatoms. The first-order valence-corrected chi connectivity index (χ1v) is 6.27. The first-order chi connectivity index (χ1) is 10.4. The van der Waals surface area contributed by atoms with Gasteiger partial charge in [0.15, 0.2) is 0 Å². The van der Waals surface area contributed by atoms with E-state index in [1.54, 1.807) is 24.3 Å². The molecule has 1 aromatic heterocycles. The van der Waals surface area contributed by atoms with Crippen LogP contribution >= 0.6 is 0 Å². The van der Waals surface area contributed by atoms with Crippen molar-refractivity contribution in [3.05, 3.63) is 65.1 Å². The summed E-state index contributed by atoms with van der Waals surface area (Å²) in [7, 11) is 0. The van der Waals surface area contributed by atoms with Crippen molar-refractivity contribution in [1.29, 1.82) is 0 Å². The van der Waals surface area contributed by atoms with Gasteiger partial charge < -0.3 is 4.74 Å². The lowest BCUT2D eigenvalue weighted by molar-refractivity contribution is -0.274. The van der Waals surface area contributed by atoms with Crippen LogP contribution in [-0.4, -0.2) is 16.1 Å². The number of alkyl halides is 3. The molecule has 0 radical (unpaired) electrons. The van der Waals surface area contributed by atoms with Crippen molar-refractivity contribution >= 4 is 10.8 Å². The monoisotopic (exact) mass is 306 g/mol. The fourth-order valence-electron chi connectivity index (χ4n) is 2.09. The maximum absolute atomic E-state index is 12.4. The fraction of sp³-hybridized carbons (Fsp3) is 0.0667. The van der Waals surface area contributed by atoms with Crippen LogP contribution in [0.15, 0.2) is 59.5 Å². The van der Waals surface area contributed by atoms with Crippen molar-refractivity contribution < 1.29 is 17.9 Å². The second-order valence-corrected chi connectivity index (χ2v) is 4.49. The molecule has 0 saturated heterocycles. The van der Waals surface area contributed by atoms with Crippen molar-refractivity contribution in [3.8, 4) is 11.4 Å². The van der Waals surface area contributed by atoms with Crippen LogP contribution in [0.5, 0.6) is 5.75 Å². The second kappa shape index (κ2) is 5.18. The van der Waals surface area contributed by atoms with Crippen LogP contribution in [0.4, 0.5) is 13.2 Å². The lowest BCUT2D eigenvalue weighted by Crippen LogP contribution is -2.21. The van der Waals surface area contributed by atoms with Gasteiger partial charge in [0.25, 0.3) is 5.56 Å². The Balaban J connectivity index is 2.10. The summed E-state index contributed by atoms with van der Waals surface area (Å²) >= 11 is 0. The predicted octanol–water partition coefficient (Wildman–Crippen LogP) is 3.28. The summed E-state index contributed by atoms with van der Waals surface area (Å²) in [6.07, 6.45) is -3.31. The third kappa shape index (κ3) is 2.78. The molecule has 0 N–H and O–H groups in total. The Morgan fingerprint density at radius 2 is 1.82 bits per heavy atom. The third-order valence-corrected chi connectivity index (χ3v) is 2.99. The van der Waals surface area contributed by atoms with Gasteiger partial charge in [-0.1, -0.05) is 24.3 Å². The summed E-state index contributed by atoms with van der Waals surface area (Å²) in [5, 5.41) is 5.07. The zero-order valence-electron chi connectivity index (χ0n) is 11.0. The van der Waals surface area contributed by atoms with Crippen LogP contribution in [-0.2, 0) is 0 Å². The molecule has 3 aromatic rings. The Labute approximate surface area is 122 Å². The Hall–Kier alpha value is -2.83. The number of fused-ring (bicyclic) bond motifs is 1. The lowest BCUT2D eigenvalue weighted by Gasteiger charge is -2.11. The SMILES string of the molecule is O=c1c2ccccc2cnn1-c1cccc(OC(F)(F)F)c1. The third-order valence-electron chi connectivity index (χ3n) is 2.99. The topological polar surface area (TPSA) is 44.1 Å². The average molecular weight is 306 g/mol. The first-order valence-electron chi connectivity index (χ1n) is 6.27. The molecule has 0 aliphatic carbocycles. The molecule has 0 aliphatic rings. The normalized spacial score (nSPS) is 11.6. The summed E-state index contributed by atoms with van der Waals surface area (Å²) in [5.74, 6) is -0.410. The number of benzene rings is 2. The Kier molecular flexibility index (Phi) is 3.32. The van der Waals surface area contributed by atoms with Gasteiger partial charge in [0.2, 0.25) is 0 Å². The quantitative estimate of drug-likeness (QED) is 0.730. The lowest BCUT2D eigenvalue weighted by atomic mass is 10.2. The minimum atomic E-state index is -4.79. The summed E-state index contributed by atoms with van der Waals surface area (Å²) in [6.45, 7) is 0. The molecule has 0 amide bonds. The van der Waals surface area contributed by atoms with Crippen molar-refractivity contribution in [3.63, 3.8) is 0 Å². The van der Waals surface area contributed by atoms with E-state index in [0.29, 0.717) is 10.8 Å². The minimum absolute atomic E-state index is 0.192.